The number of allylic oxidation sites excluding steroid dienone is 4. The van der Waals surface area contributed by atoms with Crippen molar-refractivity contribution < 1.29 is 13.2 Å². The molecule has 2 aliphatic carbocycles. The molecule has 1 aromatic heterocycles. The molecular formula is C23H30F3N3S. The number of rotatable bonds is 8. The van der Waals surface area contributed by atoms with Crippen LogP contribution >= 0.6 is 12.8 Å². The predicted octanol–water partition coefficient (Wildman–Crippen LogP) is 5.98. The third-order valence-corrected chi connectivity index (χ3v) is 6.59. The Hall–Kier alpha value is -1.73. The van der Waals surface area contributed by atoms with Gasteiger partial charge in [-0.05, 0) is 56.2 Å². The molecule has 1 aromatic rings. The second kappa shape index (κ2) is 9.60. The first-order valence-electron chi connectivity index (χ1n) is 10.5. The summed E-state index contributed by atoms with van der Waals surface area (Å²) in [5.74, 6) is 1.26. The number of aromatic nitrogens is 1. The number of nitrogens with zero attached hydrogens (tertiary/aromatic N) is 2. The molecule has 3 unspecified atom stereocenters. The molecule has 0 aliphatic heterocycles. The molecule has 1 heterocycles. The Bertz CT molecular complexity index is 814. The topological polar surface area (TPSA) is 28.2 Å². The van der Waals surface area contributed by atoms with Crippen molar-refractivity contribution in [3.8, 4) is 0 Å². The van der Waals surface area contributed by atoms with Crippen molar-refractivity contribution >= 4 is 18.6 Å². The van der Waals surface area contributed by atoms with Crippen LogP contribution < -0.4 is 9.62 Å². The zero-order valence-corrected chi connectivity index (χ0v) is 18.4. The molecule has 0 saturated carbocycles. The van der Waals surface area contributed by atoms with Gasteiger partial charge in [0.05, 0.1) is 5.56 Å². The van der Waals surface area contributed by atoms with E-state index in [1.807, 2.05) is 17.9 Å². The smallest absolute Gasteiger partial charge is 0.354 e. The predicted molar refractivity (Wildman–Crippen MR) is 119 cm³/mol. The normalized spacial score (nSPS) is 21.1. The van der Waals surface area contributed by atoms with Crippen LogP contribution in [0.1, 0.15) is 45.1 Å². The van der Waals surface area contributed by atoms with Crippen molar-refractivity contribution in [3.63, 3.8) is 0 Å². The highest BCUT2D eigenvalue weighted by Crippen LogP contribution is 2.42. The Morgan fingerprint density at radius 3 is 2.63 bits per heavy atom. The van der Waals surface area contributed by atoms with Crippen LogP contribution in [0, 0.1) is 11.8 Å². The Kier molecular flexibility index (Phi) is 7.34. The van der Waals surface area contributed by atoms with Crippen LogP contribution in [0.5, 0.6) is 0 Å². The van der Waals surface area contributed by atoms with E-state index < -0.39 is 11.7 Å². The fourth-order valence-electron chi connectivity index (χ4n) is 4.39. The molecule has 3 rings (SSSR count). The molecule has 0 aromatic carbocycles. The fourth-order valence-corrected chi connectivity index (χ4v) is 4.47. The maximum Gasteiger partial charge on any atom is 0.417 e. The van der Waals surface area contributed by atoms with Gasteiger partial charge in [0.1, 0.15) is 5.82 Å². The Balaban J connectivity index is 1.79. The van der Waals surface area contributed by atoms with Crippen LogP contribution in [-0.4, -0.2) is 24.1 Å². The molecule has 0 spiro atoms. The summed E-state index contributed by atoms with van der Waals surface area (Å²) in [6.07, 6.45) is 5.38. The van der Waals surface area contributed by atoms with Crippen LogP contribution in [0.4, 0.5) is 19.0 Å². The van der Waals surface area contributed by atoms with Gasteiger partial charge in [-0.25, -0.2) is 4.98 Å². The molecule has 1 N–H and O–H groups in total. The van der Waals surface area contributed by atoms with Crippen LogP contribution in [0.2, 0.25) is 0 Å². The molecule has 164 valence electrons. The molecule has 7 heteroatoms. The standard InChI is InChI=1S/C23H30F3N3S/c1-4-17-5-6-18-7-8-19(11-21(17)18)15(2)13-29(14-16(3)28-30)22-10-9-20(12-27-22)23(24,25)26/h4,9-12,15-17,28,30H,1,5-8,13-14H2,2-3H3. The minimum absolute atomic E-state index is 0.0549. The van der Waals surface area contributed by atoms with Crippen molar-refractivity contribution in [1.82, 2.24) is 9.71 Å². The lowest BCUT2D eigenvalue weighted by Crippen LogP contribution is -2.39. The van der Waals surface area contributed by atoms with Crippen molar-refractivity contribution in [2.45, 2.75) is 51.7 Å². The zero-order valence-electron chi connectivity index (χ0n) is 17.5. The highest BCUT2D eigenvalue weighted by atomic mass is 32.1. The SMILES string of the molecule is C=CC1CCC2=C1C=C(C(C)CN(CC(C)NS)c1ccc(C(F)(F)F)cn1)CC2. The molecule has 0 radical (unpaired) electrons. The molecule has 30 heavy (non-hydrogen) atoms. The van der Waals surface area contributed by atoms with Crippen LogP contribution in [-0.2, 0) is 6.18 Å². The quantitative estimate of drug-likeness (QED) is 0.387. The minimum atomic E-state index is -4.38. The molecule has 0 amide bonds. The molecule has 2 aliphatic rings. The average Bonchev–Trinajstić information content (AvgIpc) is 3.14. The summed E-state index contributed by atoms with van der Waals surface area (Å²) in [5, 5.41) is 0. The lowest BCUT2D eigenvalue weighted by molar-refractivity contribution is -0.137. The van der Waals surface area contributed by atoms with Crippen LogP contribution in [0.25, 0.3) is 0 Å². The number of halogens is 3. The van der Waals surface area contributed by atoms with Crippen LogP contribution in [0.15, 0.2) is 53.8 Å². The third-order valence-electron chi connectivity index (χ3n) is 6.15. The molecule has 0 fully saturated rings. The molecule has 3 atom stereocenters. The largest absolute Gasteiger partial charge is 0.417 e. The second-order valence-electron chi connectivity index (χ2n) is 8.40. The van der Waals surface area contributed by atoms with Crippen molar-refractivity contribution in [2.24, 2.45) is 11.8 Å². The van der Waals surface area contributed by atoms with Gasteiger partial charge < -0.3 is 4.90 Å². The maximum absolute atomic E-state index is 12.9. The first-order valence-corrected chi connectivity index (χ1v) is 10.9. The van der Waals surface area contributed by atoms with E-state index in [0.717, 1.165) is 37.9 Å². The van der Waals surface area contributed by atoms with E-state index in [9.17, 15) is 13.2 Å². The van der Waals surface area contributed by atoms with E-state index in [4.69, 9.17) is 0 Å². The van der Waals surface area contributed by atoms with Gasteiger partial charge >= 0.3 is 6.18 Å². The van der Waals surface area contributed by atoms with Crippen molar-refractivity contribution in [2.75, 3.05) is 18.0 Å². The minimum Gasteiger partial charge on any atom is -0.354 e. The highest BCUT2D eigenvalue weighted by molar-refractivity contribution is 7.78. The highest BCUT2D eigenvalue weighted by Gasteiger charge is 2.31. The number of anilines is 1. The zero-order chi connectivity index (χ0) is 21.9. The number of nitrogens with one attached hydrogen (secondary N) is 1. The van der Waals surface area contributed by atoms with Gasteiger partial charge in [-0.2, -0.15) is 13.2 Å². The van der Waals surface area contributed by atoms with Crippen molar-refractivity contribution in [1.29, 1.82) is 0 Å². The number of thiol groups is 1. The summed E-state index contributed by atoms with van der Waals surface area (Å²) >= 11 is 4.14. The van der Waals surface area contributed by atoms with E-state index in [0.29, 0.717) is 24.8 Å². The maximum atomic E-state index is 12.9. The number of alkyl halides is 3. The summed E-state index contributed by atoms with van der Waals surface area (Å²) in [5.41, 5.74) is 3.66. The van der Waals surface area contributed by atoms with Gasteiger partial charge in [-0.15, -0.1) is 6.58 Å². The number of hydrogen-bond acceptors (Lipinski definition) is 4. The van der Waals surface area contributed by atoms with Gasteiger partial charge in [0, 0.05) is 31.2 Å². The van der Waals surface area contributed by atoms with E-state index in [1.165, 1.54) is 17.2 Å². The summed E-state index contributed by atoms with van der Waals surface area (Å²) in [4.78, 5) is 6.17. The Morgan fingerprint density at radius 1 is 1.27 bits per heavy atom. The number of pyridine rings is 1. The lowest BCUT2D eigenvalue weighted by atomic mass is 9.85. The first-order chi connectivity index (χ1) is 14.2. The van der Waals surface area contributed by atoms with Gasteiger partial charge in [-0.3, -0.25) is 4.72 Å². The fraction of sp³-hybridized carbons (Fsp3) is 0.522. The first kappa shape index (κ1) is 22.9. The molecular weight excluding hydrogens is 407 g/mol. The van der Waals surface area contributed by atoms with Gasteiger partial charge in [0.2, 0.25) is 0 Å². The van der Waals surface area contributed by atoms with Crippen molar-refractivity contribution in [3.05, 3.63) is 59.3 Å². The lowest BCUT2D eigenvalue weighted by Gasteiger charge is -2.31. The van der Waals surface area contributed by atoms with Gasteiger partial charge in [0.15, 0.2) is 0 Å². The summed E-state index contributed by atoms with van der Waals surface area (Å²) in [6, 6.07) is 2.61. The average molecular weight is 438 g/mol. The monoisotopic (exact) mass is 437 g/mol. The summed E-state index contributed by atoms with van der Waals surface area (Å²) in [7, 11) is 0. The molecule has 0 bridgehead atoms. The second-order valence-corrected chi connectivity index (χ2v) is 8.66. The Labute approximate surface area is 182 Å². The molecule has 3 nitrogen and oxygen atoms in total. The van der Waals surface area contributed by atoms with E-state index in [2.05, 4.69) is 42.1 Å². The summed E-state index contributed by atoms with van der Waals surface area (Å²) in [6.45, 7) is 9.44. The van der Waals surface area contributed by atoms with Gasteiger partial charge in [-0.1, -0.05) is 43.0 Å². The Morgan fingerprint density at radius 2 is 2.03 bits per heavy atom. The third kappa shape index (κ3) is 5.30. The van der Waals surface area contributed by atoms with Gasteiger partial charge in [0.25, 0.3) is 0 Å². The van der Waals surface area contributed by atoms with Crippen LogP contribution in [0.3, 0.4) is 0 Å². The number of hydrogen-bond donors (Lipinski definition) is 2. The van der Waals surface area contributed by atoms with E-state index in [1.54, 1.807) is 5.57 Å². The summed E-state index contributed by atoms with van der Waals surface area (Å²) < 4.78 is 41.7. The van der Waals surface area contributed by atoms with E-state index in [-0.39, 0.29) is 12.0 Å². The van der Waals surface area contributed by atoms with E-state index >= 15 is 0 Å². The molecule has 0 saturated heterocycles.